The summed E-state index contributed by atoms with van der Waals surface area (Å²) in [6, 6.07) is 5.96. The van der Waals surface area contributed by atoms with Crippen molar-refractivity contribution in [1.29, 1.82) is 0 Å². The molecule has 0 aromatic heterocycles. The van der Waals surface area contributed by atoms with Gasteiger partial charge in [0.05, 0.1) is 5.60 Å². The maximum atomic E-state index is 11.8. The molecule has 116 valence electrons. The van der Waals surface area contributed by atoms with E-state index < -0.39 is 5.60 Å². The number of aryl methyl sites for hydroxylation is 1. The van der Waals surface area contributed by atoms with Crippen molar-refractivity contribution in [2.75, 3.05) is 6.54 Å². The number of aliphatic hydroxyl groups is 1. The Labute approximate surface area is 135 Å². The molecule has 2 N–H and O–H groups in total. The Kier molecular flexibility index (Phi) is 6.62. The average molecular weight is 354 g/mol. The average Bonchev–Trinajstić information content (AvgIpc) is 2.34. The topological polar surface area (TPSA) is 49.3 Å². The van der Waals surface area contributed by atoms with Crippen molar-refractivity contribution < 1.29 is 9.90 Å². The lowest BCUT2D eigenvalue weighted by molar-refractivity contribution is -0.117. The third-order valence-electron chi connectivity index (χ3n) is 3.06. The van der Waals surface area contributed by atoms with E-state index in [1.807, 2.05) is 39.0 Å². The van der Waals surface area contributed by atoms with Gasteiger partial charge in [-0.2, -0.15) is 0 Å². The van der Waals surface area contributed by atoms with Crippen LogP contribution in [0.3, 0.4) is 0 Å². The minimum absolute atomic E-state index is 0.202. The minimum atomic E-state index is -0.873. The third kappa shape index (κ3) is 6.91. The number of amides is 1. The van der Waals surface area contributed by atoms with Crippen LogP contribution in [0.5, 0.6) is 0 Å². The largest absolute Gasteiger partial charge is 0.388 e. The molecule has 0 spiro atoms. The zero-order valence-corrected chi connectivity index (χ0v) is 14.7. The number of carbonyl (C=O) groups is 1. The molecule has 4 heteroatoms. The van der Waals surface area contributed by atoms with Crippen LogP contribution >= 0.6 is 15.9 Å². The lowest BCUT2D eigenvalue weighted by Crippen LogP contribution is -2.40. The normalized spacial score (nSPS) is 14.4. The second kappa shape index (κ2) is 7.76. The van der Waals surface area contributed by atoms with Crippen LogP contribution in [0.25, 0.3) is 6.08 Å². The molecule has 0 aliphatic carbocycles. The summed E-state index contributed by atoms with van der Waals surface area (Å²) in [4.78, 5) is 11.8. The van der Waals surface area contributed by atoms with Crippen molar-refractivity contribution >= 4 is 27.9 Å². The van der Waals surface area contributed by atoms with Gasteiger partial charge in [0.1, 0.15) is 0 Å². The van der Waals surface area contributed by atoms with Crippen molar-refractivity contribution in [3.8, 4) is 0 Å². The zero-order chi connectivity index (χ0) is 16.0. The quantitative estimate of drug-likeness (QED) is 0.766. The second-order valence-corrected chi connectivity index (χ2v) is 7.03. The molecule has 1 aromatic rings. The summed E-state index contributed by atoms with van der Waals surface area (Å²) < 4.78 is 0.957. The van der Waals surface area contributed by atoms with Crippen molar-refractivity contribution in [2.45, 2.75) is 39.7 Å². The maximum absolute atomic E-state index is 11.8. The van der Waals surface area contributed by atoms with Gasteiger partial charge in [0.2, 0.25) is 5.91 Å². The van der Waals surface area contributed by atoms with Gasteiger partial charge < -0.3 is 10.4 Å². The Hall–Kier alpha value is -1.13. The maximum Gasteiger partial charge on any atom is 0.244 e. The third-order valence-corrected chi connectivity index (χ3v) is 3.75. The molecule has 0 aliphatic heterocycles. The summed E-state index contributed by atoms with van der Waals surface area (Å²) in [7, 11) is 0. The standard InChI is InChI=1S/C17H24BrNO2/c1-12(2)10-17(4,21)11-19-16(20)8-7-14-6-5-13(3)9-15(14)18/h5-9,12,21H,10-11H2,1-4H3,(H,19,20). The van der Waals surface area contributed by atoms with Gasteiger partial charge in [-0.1, -0.05) is 41.9 Å². The highest BCUT2D eigenvalue weighted by Crippen LogP contribution is 2.19. The Balaban J connectivity index is 2.55. The molecule has 1 rings (SSSR count). The molecule has 0 aliphatic rings. The molecule has 21 heavy (non-hydrogen) atoms. The molecular formula is C17H24BrNO2. The summed E-state index contributed by atoms with van der Waals surface area (Å²) in [6.45, 7) is 8.11. The molecule has 0 saturated heterocycles. The first-order valence-corrected chi connectivity index (χ1v) is 7.93. The van der Waals surface area contributed by atoms with Crippen LogP contribution in [-0.2, 0) is 4.79 Å². The Morgan fingerprint density at radius 1 is 1.48 bits per heavy atom. The van der Waals surface area contributed by atoms with E-state index in [0.29, 0.717) is 12.3 Å². The van der Waals surface area contributed by atoms with E-state index >= 15 is 0 Å². The van der Waals surface area contributed by atoms with Gasteiger partial charge in [-0.25, -0.2) is 0 Å². The number of hydrogen-bond acceptors (Lipinski definition) is 2. The molecule has 0 radical (unpaired) electrons. The Morgan fingerprint density at radius 2 is 2.14 bits per heavy atom. The van der Waals surface area contributed by atoms with E-state index in [4.69, 9.17) is 0 Å². The lowest BCUT2D eigenvalue weighted by Gasteiger charge is -2.25. The zero-order valence-electron chi connectivity index (χ0n) is 13.1. The van der Waals surface area contributed by atoms with Crippen molar-refractivity contribution in [2.24, 2.45) is 5.92 Å². The molecule has 1 aromatic carbocycles. The molecule has 0 heterocycles. The summed E-state index contributed by atoms with van der Waals surface area (Å²) in [5.41, 5.74) is 1.24. The smallest absolute Gasteiger partial charge is 0.244 e. The first-order valence-electron chi connectivity index (χ1n) is 7.14. The summed E-state index contributed by atoms with van der Waals surface area (Å²) in [5, 5.41) is 12.9. The van der Waals surface area contributed by atoms with Crippen molar-refractivity contribution in [3.05, 3.63) is 39.9 Å². The molecule has 0 bridgehead atoms. The summed E-state index contributed by atoms with van der Waals surface area (Å²) in [5.74, 6) is 0.183. The Bertz CT molecular complexity index is 522. The van der Waals surface area contributed by atoms with Gasteiger partial charge in [0.25, 0.3) is 0 Å². The van der Waals surface area contributed by atoms with Crippen LogP contribution in [0.1, 0.15) is 38.3 Å². The molecule has 1 atom stereocenters. The number of carbonyl (C=O) groups excluding carboxylic acids is 1. The summed E-state index contributed by atoms with van der Waals surface area (Å²) in [6.07, 6.45) is 3.90. The fourth-order valence-corrected chi connectivity index (χ4v) is 2.85. The molecule has 3 nitrogen and oxygen atoms in total. The van der Waals surface area contributed by atoms with Crippen LogP contribution < -0.4 is 5.32 Å². The van der Waals surface area contributed by atoms with E-state index in [-0.39, 0.29) is 12.5 Å². The SMILES string of the molecule is Cc1ccc(C=CC(=O)NCC(C)(O)CC(C)C)c(Br)c1. The van der Waals surface area contributed by atoms with Crippen molar-refractivity contribution in [1.82, 2.24) is 5.32 Å². The fourth-order valence-electron chi connectivity index (χ4n) is 2.22. The fraction of sp³-hybridized carbons (Fsp3) is 0.471. The van der Waals surface area contributed by atoms with Crippen molar-refractivity contribution in [3.63, 3.8) is 0 Å². The molecule has 1 amide bonds. The predicted octanol–water partition coefficient (Wildman–Crippen LogP) is 3.68. The molecular weight excluding hydrogens is 330 g/mol. The number of hydrogen-bond donors (Lipinski definition) is 2. The monoisotopic (exact) mass is 353 g/mol. The second-order valence-electron chi connectivity index (χ2n) is 6.17. The van der Waals surface area contributed by atoms with E-state index in [9.17, 15) is 9.90 Å². The van der Waals surface area contributed by atoms with Crippen LogP contribution in [0, 0.1) is 12.8 Å². The minimum Gasteiger partial charge on any atom is -0.388 e. The van der Waals surface area contributed by atoms with E-state index in [1.165, 1.54) is 6.08 Å². The number of benzene rings is 1. The van der Waals surface area contributed by atoms with E-state index in [2.05, 4.69) is 21.2 Å². The van der Waals surface area contributed by atoms with Crippen LogP contribution in [0.4, 0.5) is 0 Å². The highest BCUT2D eigenvalue weighted by atomic mass is 79.9. The number of rotatable bonds is 6. The van der Waals surface area contributed by atoms with Crippen LogP contribution in [0.2, 0.25) is 0 Å². The first-order chi connectivity index (χ1) is 9.69. The van der Waals surface area contributed by atoms with E-state index in [0.717, 1.165) is 15.6 Å². The Morgan fingerprint density at radius 3 is 2.71 bits per heavy atom. The first kappa shape index (κ1) is 17.9. The van der Waals surface area contributed by atoms with Gasteiger partial charge >= 0.3 is 0 Å². The van der Waals surface area contributed by atoms with Crippen LogP contribution in [-0.4, -0.2) is 23.2 Å². The molecule has 0 fully saturated rings. The predicted molar refractivity (Wildman–Crippen MR) is 91.0 cm³/mol. The highest BCUT2D eigenvalue weighted by Gasteiger charge is 2.21. The number of nitrogens with one attached hydrogen (secondary N) is 1. The lowest BCUT2D eigenvalue weighted by atomic mass is 9.94. The van der Waals surface area contributed by atoms with Crippen LogP contribution in [0.15, 0.2) is 28.7 Å². The highest BCUT2D eigenvalue weighted by molar-refractivity contribution is 9.10. The molecule has 1 unspecified atom stereocenters. The van der Waals surface area contributed by atoms with Gasteiger partial charge in [-0.3, -0.25) is 4.79 Å². The van der Waals surface area contributed by atoms with Gasteiger partial charge in [-0.15, -0.1) is 0 Å². The van der Waals surface area contributed by atoms with E-state index in [1.54, 1.807) is 13.0 Å². The van der Waals surface area contributed by atoms with Gasteiger partial charge in [0.15, 0.2) is 0 Å². The summed E-state index contributed by atoms with van der Waals surface area (Å²) >= 11 is 3.47. The molecule has 0 saturated carbocycles. The van der Waals surface area contributed by atoms with Gasteiger partial charge in [0, 0.05) is 17.1 Å². The van der Waals surface area contributed by atoms with Gasteiger partial charge in [-0.05, 0) is 49.5 Å². The number of halogens is 1.